The lowest BCUT2D eigenvalue weighted by Gasteiger charge is -2.19. The fourth-order valence-corrected chi connectivity index (χ4v) is 2.72. The number of aromatic carboxylic acids is 1. The lowest BCUT2D eigenvalue weighted by Crippen LogP contribution is -2.37. The second kappa shape index (κ2) is 8.08. The van der Waals surface area contributed by atoms with E-state index in [-0.39, 0.29) is 11.5 Å². The molecule has 0 radical (unpaired) electrons. The molecule has 1 aromatic carbocycles. The monoisotopic (exact) mass is 320 g/mol. The summed E-state index contributed by atoms with van der Waals surface area (Å²) in [7, 11) is 1.92. The number of aryl methyl sites for hydroxylation is 1. The zero-order valence-corrected chi connectivity index (χ0v) is 13.7. The third kappa shape index (κ3) is 5.33. The van der Waals surface area contributed by atoms with E-state index in [1.807, 2.05) is 18.9 Å². The lowest BCUT2D eigenvalue weighted by molar-refractivity contribution is -0.122. The average Bonchev–Trinajstić information content (AvgIpc) is 2.98. The molecular formula is C17H24N2O4. The zero-order valence-electron chi connectivity index (χ0n) is 13.7. The number of likely N-dealkylation sites (N-methyl/N-ethyl adjacent to an activating group) is 1. The smallest absolute Gasteiger partial charge is 0.335 e. The molecule has 1 aliphatic heterocycles. The van der Waals surface area contributed by atoms with Crippen LogP contribution in [0.4, 0.5) is 0 Å². The Kier molecular flexibility index (Phi) is 6.12. The molecule has 6 nitrogen and oxygen atoms in total. The van der Waals surface area contributed by atoms with Crippen LogP contribution >= 0.6 is 0 Å². The molecule has 1 fully saturated rings. The molecule has 0 unspecified atom stereocenters. The summed E-state index contributed by atoms with van der Waals surface area (Å²) in [6, 6.07) is 4.94. The van der Waals surface area contributed by atoms with Crippen molar-refractivity contribution < 1.29 is 19.4 Å². The molecule has 6 heteroatoms. The van der Waals surface area contributed by atoms with Crippen molar-refractivity contribution in [3.05, 3.63) is 34.9 Å². The van der Waals surface area contributed by atoms with Crippen LogP contribution in [0.15, 0.2) is 18.2 Å². The maximum absolute atomic E-state index is 12.0. The minimum atomic E-state index is -0.962. The molecule has 0 aliphatic carbocycles. The summed E-state index contributed by atoms with van der Waals surface area (Å²) in [6.45, 7) is 5.00. The quantitative estimate of drug-likeness (QED) is 0.791. The second-order valence-electron chi connectivity index (χ2n) is 6.15. The highest BCUT2D eigenvalue weighted by Crippen LogP contribution is 2.13. The number of amides is 1. The van der Waals surface area contributed by atoms with E-state index in [4.69, 9.17) is 9.84 Å². The molecule has 1 aliphatic rings. The van der Waals surface area contributed by atoms with Crippen LogP contribution in [0.3, 0.4) is 0 Å². The molecular weight excluding hydrogens is 296 g/mol. The lowest BCUT2D eigenvalue weighted by atomic mass is 10.0. The number of benzene rings is 1. The molecule has 1 atom stereocenters. The van der Waals surface area contributed by atoms with Crippen LogP contribution in [0.2, 0.25) is 0 Å². The van der Waals surface area contributed by atoms with Gasteiger partial charge in [-0.25, -0.2) is 4.79 Å². The van der Waals surface area contributed by atoms with Gasteiger partial charge < -0.3 is 15.2 Å². The van der Waals surface area contributed by atoms with E-state index in [9.17, 15) is 9.59 Å². The molecule has 1 amide bonds. The maximum Gasteiger partial charge on any atom is 0.335 e. The van der Waals surface area contributed by atoms with E-state index in [1.165, 1.54) is 0 Å². The van der Waals surface area contributed by atoms with Gasteiger partial charge in [-0.05, 0) is 49.6 Å². The van der Waals surface area contributed by atoms with E-state index in [0.717, 1.165) is 37.3 Å². The van der Waals surface area contributed by atoms with Crippen LogP contribution in [-0.2, 0) is 16.1 Å². The molecule has 0 bridgehead atoms. The Hall–Kier alpha value is -1.92. The predicted octanol–water partition coefficient (Wildman–Crippen LogP) is 1.28. The zero-order chi connectivity index (χ0) is 16.8. The van der Waals surface area contributed by atoms with Crippen LogP contribution in [0.5, 0.6) is 0 Å². The van der Waals surface area contributed by atoms with Crippen molar-refractivity contribution in [3.63, 3.8) is 0 Å². The molecule has 23 heavy (non-hydrogen) atoms. The van der Waals surface area contributed by atoms with Crippen LogP contribution in [0.1, 0.15) is 27.9 Å². The first kappa shape index (κ1) is 17.4. The third-order valence-electron chi connectivity index (χ3n) is 4.08. The minimum absolute atomic E-state index is 0.0634. The van der Waals surface area contributed by atoms with Gasteiger partial charge in [0.1, 0.15) is 0 Å². The van der Waals surface area contributed by atoms with Gasteiger partial charge in [-0.1, -0.05) is 6.07 Å². The van der Waals surface area contributed by atoms with Gasteiger partial charge in [-0.2, -0.15) is 0 Å². The highest BCUT2D eigenvalue weighted by molar-refractivity contribution is 5.88. The summed E-state index contributed by atoms with van der Waals surface area (Å²) >= 11 is 0. The van der Waals surface area contributed by atoms with Crippen molar-refractivity contribution in [2.45, 2.75) is 19.9 Å². The van der Waals surface area contributed by atoms with E-state index >= 15 is 0 Å². The fourth-order valence-electron chi connectivity index (χ4n) is 2.72. The number of carbonyl (C=O) groups excluding carboxylic acids is 1. The predicted molar refractivity (Wildman–Crippen MR) is 86.4 cm³/mol. The maximum atomic E-state index is 12.0. The van der Waals surface area contributed by atoms with Crippen LogP contribution < -0.4 is 5.32 Å². The summed E-state index contributed by atoms with van der Waals surface area (Å²) < 4.78 is 5.34. The van der Waals surface area contributed by atoms with Gasteiger partial charge in [0, 0.05) is 19.7 Å². The van der Waals surface area contributed by atoms with E-state index in [2.05, 4.69) is 5.32 Å². The summed E-state index contributed by atoms with van der Waals surface area (Å²) in [5.41, 5.74) is 2.02. The topological polar surface area (TPSA) is 78.9 Å². The molecule has 2 rings (SSSR count). The number of hydrogen-bond acceptors (Lipinski definition) is 4. The largest absolute Gasteiger partial charge is 0.478 e. The summed E-state index contributed by atoms with van der Waals surface area (Å²) in [5.74, 6) is -0.523. The Balaban J connectivity index is 1.81. The van der Waals surface area contributed by atoms with Crippen molar-refractivity contribution in [3.8, 4) is 0 Å². The summed E-state index contributed by atoms with van der Waals surface area (Å²) in [6.07, 6.45) is 1.05. The van der Waals surface area contributed by atoms with Crippen LogP contribution in [0.25, 0.3) is 0 Å². The number of carboxylic acid groups (broad SMARTS) is 1. The van der Waals surface area contributed by atoms with E-state index in [1.54, 1.807) is 18.2 Å². The van der Waals surface area contributed by atoms with Gasteiger partial charge in [-0.3, -0.25) is 9.69 Å². The Morgan fingerprint density at radius 1 is 1.43 bits per heavy atom. The summed E-state index contributed by atoms with van der Waals surface area (Å²) in [5, 5.41) is 11.9. The summed E-state index contributed by atoms with van der Waals surface area (Å²) in [4.78, 5) is 25.0. The van der Waals surface area contributed by atoms with Gasteiger partial charge in [0.05, 0.1) is 18.7 Å². The van der Waals surface area contributed by atoms with Gasteiger partial charge >= 0.3 is 5.97 Å². The number of nitrogens with zero attached hydrogens (tertiary/aromatic N) is 1. The van der Waals surface area contributed by atoms with Crippen molar-refractivity contribution in [2.24, 2.45) is 5.92 Å². The number of carbonyl (C=O) groups is 2. The number of ether oxygens (including phenoxy) is 1. The number of carboxylic acids is 1. The molecule has 2 N–H and O–H groups in total. The first-order chi connectivity index (χ1) is 11.0. The highest BCUT2D eigenvalue weighted by Gasteiger charge is 2.18. The number of hydrogen-bond donors (Lipinski definition) is 2. The number of rotatable bonds is 7. The molecule has 1 heterocycles. The van der Waals surface area contributed by atoms with Crippen molar-refractivity contribution in [2.75, 3.05) is 33.4 Å². The normalized spacial score (nSPS) is 17.4. The van der Waals surface area contributed by atoms with Crippen molar-refractivity contribution in [1.29, 1.82) is 0 Å². The van der Waals surface area contributed by atoms with Gasteiger partial charge in [-0.15, -0.1) is 0 Å². The van der Waals surface area contributed by atoms with Gasteiger partial charge in [0.15, 0.2) is 0 Å². The minimum Gasteiger partial charge on any atom is -0.478 e. The molecule has 0 aromatic heterocycles. The third-order valence-corrected chi connectivity index (χ3v) is 4.08. The SMILES string of the molecule is Cc1ccc(C(=O)O)cc1CNC(=O)CN(C)C[C@@H]1CCOC1. The molecule has 1 saturated heterocycles. The fraction of sp³-hybridized carbons (Fsp3) is 0.529. The Labute approximate surface area is 136 Å². The van der Waals surface area contributed by atoms with E-state index < -0.39 is 5.97 Å². The van der Waals surface area contributed by atoms with Crippen molar-refractivity contribution >= 4 is 11.9 Å². The van der Waals surface area contributed by atoms with Crippen molar-refractivity contribution in [1.82, 2.24) is 10.2 Å². The highest BCUT2D eigenvalue weighted by atomic mass is 16.5. The second-order valence-corrected chi connectivity index (χ2v) is 6.15. The molecule has 0 saturated carbocycles. The van der Waals surface area contributed by atoms with Crippen LogP contribution in [-0.4, -0.2) is 55.2 Å². The first-order valence-corrected chi connectivity index (χ1v) is 7.81. The Bertz CT molecular complexity index is 568. The van der Waals surface area contributed by atoms with Gasteiger partial charge in [0.25, 0.3) is 0 Å². The first-order valence-electron chi connectivity index (χ1n) is 7.81. The standard InChI is InChI=1S/C17H24N2O4/c1-12-3-4-14(17(21)22)7-15(12)8-18-16(20)10-19(2)9-13-5-6-23-11-13/h3-4,7,13H,5-6,8-11H2,1-2H3,(H,18,20)(H,21,22)/t13-/m0/s1. The molecule has 0 spiro atoms. The Morgan fingerprint density at radius 2 is 2.22 bits per heavy atom. The van der Waals surface area contributed by atoms with E-state index in [0.29, 0.717) is 19.0 Å². The molecule has 126 valence electrons. The average molecular weight is 320 g/mol. The molecule has 1 aromatic rings. The van der Waals surface area contributed by atoms with Crippen LogP contribution in [0, 0.1) is 12.8 Å². The van der Waals surface area contributed by atoms with Gasteiger partial charge in [0.2, 0.25) is 5.91 Å². The Morgan fingerprint density at radius 3 is 2.87 bits per heavy atom. The number of nitrogens with one attached hydrogen (secondary N) is 1.